The van der Waals surface area contributed by atoms with Crippen LogP contribution in [0.1, 0.15) is 47.4 Å². The van der Waals surface area contributed by atoms with Crippen molar-refractivity contribution in [2.24, 2.45) is 11.8 Å². The largest absolute Gasteiger partial charge is 0.312 e. The highest BCUT2D eigenvalue weighted by atomic mass is 15.3. The van der Waals surface area contributed by atoms with Crippen LogP contribution in [0.5, 0.6) is 0 Å². The van der Waals surface area contributed by atoms with E-state index in [1.165, 1.54) is 0 Å². The van der Waals surface area contributed by atoms with Gasteiger partial charge in [0.15, 0.2) is 0 Å². The number of aromatic nitrogens is 3. The molecule has 0 fully saturated rings. The minimum absolute atomic E-state index is 0.192. The van der Waals surface area contributed by atoms with E-state index < -0.39 is 0 Å². The van der Waals surface area contributed by atoms with Crippen LogP contribution in [0.2, 0.25) is 0 Å². The smallest absolute Gasteiger partial charge is 0.138 e. The van der Waals surface area contributed by atoms with Crippen LogP contribution < -0.4 is 5.32 Å². The van der Waals surface area contributed by atoms with Crippen LogP contribution >= 0.6 is 0 Å². The molecule has 1 heterocycles. The molecule has 1 rings (SSSR count). The molecule has 0 aromatic carbocycles. The first kappa shape index (κ1) is 15.2. The summed E-state index contributed by atoms with van der Waals surface area (Å²) < 4.78 is 1.99. The van der Waals surface area contributed by atoms with E-state index in [1.807, 2.05) is 4.68 Å². The molecule has 2 atom stereocenters. The maximum Gasteiger partial charge on any atom is 0.138 e. The van der Waals surface area contributed by atoms with Crippen LogP contribution in [-0.2, 0) is 13.0 Å². The average molecular weight is 252 g/mol. The lowest BCUT2D eigenvalue weighted by Gasteiger charge is -2.26. The molecule has 0 radical (unpaired) electrons. The monoisotopic (exact) mass is 252 g/mol. The summed E-state index contributed by atoms with van der Waals surface area (Å²) in [5, 5.41) is 7.79. The minimum atomic E-state index is 0.192. The van der Waals surface area contributed by atoms with Crippen LogP contribution in [0.15, 0.2) is 6.33 Å². The van der Waals surface area contributed by atoms with Crippen LogP contribution in [0.25, 0.3) is 0 Å². The third kappa shape index (κ3) is 4.77. The first-order valence-corrected chi connectivity index (χ1v) is 6.95. The highest BCUT2D eigenvalue weighted by Crippen LogP contribution is 2.16. The van der Waals surface area contributed by atoms with Gasteiger partial charge in [0.2, 0.25) is 0 Å². The third-order valence-electron chi connectivity index (χ3n) is 3.43. The Bertz CT molecular complexity index is 351. The fourth-order valence-electron chi connectivity index (χ4n) is 1.87. The van der Waals surface area contributed by atoms with Crippen molar-refractivity contribution in [3.05, 3.63) is 12.2 Å². The van der Waals surface area contributed by atoms with Gasteiger partial charge in [0.05, 0.1) is 0 Å². The van der Waals surface area contributed by atoms with Crippen molar-refractivity contribution < 1.29 is 0 Å². The molecule has 0 amide bonds. The predicted molar refractivity (Wildman–Crippen MR) is 75.5 cm³/mol. The van der Waals surface area contributed by atoms with Crippen molar-refractivity contribution in [3.63, 3.8) is 0 Å². The predicted octanol–water partition coefficient (Wildman–Crippen LogP) is 2.50. The lowest BCUT2D eigenvalue weighted by atomic mass is 9.91. The Morgan fingerprint density at radius 3 is 2.50 bits per heavy atom. The molecule has 1 N–H and O–H groups in total. The molecule has 0 bridgehead atoms. The van der Waals surface area contributed by atoms with E-state index in [-0.39, 0.29) is 5.54 Å². The molecule has 1 aromatic rings. The summed E-state index contributed by atoms with van der Waals surface area (Å²) in [6.07, 6.45) is 2.66. The Labute approximate surface area is 111 Å². The summed E-state index contributed by atoms with van der Waals surface area (Å²) in [5.41, 5.74) is 0.192. The van der Waals surface area contributed by atoms with E-state index in [2.05, 4.69) is 56.9 Å². The normalized spacial score (nSPS) is 15.7. The van der Waals surface area contributed by atoms with Gasteiger partial charge in [-0.25, -0.2) is 4.98 Å². The van der Waals surface area contributed by atoms with Gasteiger partial charge in [-0.15, -0.1) is 0 Å². The van der Waals surface area contributed by atoms with Crippen molar-refractivity contribution in [3.8, 4) is 0 Å². The summed E-state index contributed by atoms with van der Waals surface area (Å²) in [4.78, 5) is 4.35. The van der Waals surface area contributed by atoms with Gasteiger partial charge in [-0.3, -0.25) is 4.68 Å². The quantitative estimate of drug-likeness (QED) is 0.846. The number of nitrogens with zero attached hydrogens (tertiary/aromatic N) is 3. The molecule has 0 aliphatic carbocycles. The van der Waals surface area contributed by atoms with E-state index in [1.54, 1.807) is 6.33 Å². The molecule has 0 saturated heterocycles. The second-order valence-corrected chi connectivity index (χ2v) is 6.28. The van der Waals surface area contributed by atoms with Gasteiger partial charge < -0.3 is 5.32 Å². The number of hydrogen-bond donors (Lipinski definition) is 1. The Hall–Kier alpha value is -0.900. The van der Waals surface area contributed by atoms with E-state index in [0.29, 0.717) is 11.8 Å². The molecule has 4 nitrogen and oxygen atoms in total. The Kier molecular flexibility index (Phi) is 5.32. The van der Waals surface area contributed by atoms with Crippen molar-refractivity contribution in [2.45, 2.75) is 60.0 Å². The first-order chi connectivity index (χ1) is 8.33. The molecule has 104 valence electrons. The molecular formula is C14H28N4. The molecule has 2 unspecified atom stereocenters. The summed E-state index contributed by atoms with van der Waals surface area (Å²) >= 11 is 0. The van der Waals surface area contributed by atoms with Gasteiger partial charge in [0, 0.05) is 18.5 Å². The summed E-state index contributed by atoms with van der Waals surface area (Å²) in [7, 11) is 0. The molecule has 1 aromatic heterocycles. The second kappa shape index (κ2) is 6.32. The Morgan fingerprint density at radius 1 is 1.28 bits per heavy atom. The number of nitrogens with one attached hydrogen (secondary N) is 1. The van der Waals surface area contributed by atoms with Gasteiger partial charge in [-0.1, -0.05) is 13.8 Å². The van der Waals surface area contributed by atoms with Gasteiger partial charge in [-0.2, -0.15) is 5.10 Å². The summed E-state index contributed by atoms with van der Waals surface area (Å²) in [5.74, 6) is 2.34. The van der Waals surface area contributed by atoms with Gasteiger partial charge in [0.1, 0.15) is 12.2 Å². The molecule has 0 spiro atoms. The van der Waals surface area contributed by atoms with Crippen LogP contribution in [0.3, 0.4) is 0 Å². The van der Waals surface area contributed by atoms with Crippen molar-refractivity contribution in [1.82, 2.24) is 20.1 Å². The van der Waals surface area contributed by atoms with E-state index in [9.17, 15) is 0 Å². The zero-order valence-electron chi connectivity index (χ0n) is 12.7. The van der Waals surface area contributed by atoms with Crippen molar-refractivity contribution in [1.29, 1.82) is 0 Å². The second-order valence-electron chi connectivity index (χ2n) is 6.28. The highest BCUT2D eigenvalue weighted by Gasteiger charge is 2.18. The van der Waals surface area contributed by atoms with Crippen LogP contribution in [-0.4, -0.2) is 26.8 Å². The van der Waals surface area contributed by atoms with Crippen LogP contribution in [0.4, 0.5) is 0 Å². The molecule has 0 aliphatic heterocycles. The van der Waals surface area contributed by atoms with E-state index in [4.69, 9.17) is 0 Å². The average Bonchev–Trinajstić information content (AvgIpc) is 2.72. The van der Waals surface area contributed by atoms with Crippen molar-refractivity contribution in [2.75, 3.05) is 6.54 Å². The number of hydrogen-bond acceptors (Lipinski definition) is 3. The van der Waals surface area contributed by atoms with Gasteiger partial charge >= 0.3 is 0 Å². The number of aryl methyl sites for hydroxylation is 1. The highest BCUT2D eigenvalue weighted by molar-refractivity contribution is 4.88. The summed E-state index contributed by atoms with van der Waals surface area (Å²) in [6, 6.07) is 0. The standard InChI is InChI=1S/C14H28N4/c1-7-18-13(15-10-17-18)8-11(2)12(3)9-16-14(4,5)6/h10-12,16H,7-9H2,1-6H3. The number of rotatable bonds is 6. The third-order valence-corrected chi connectivity index (χ3v) is 3.43. The van der Waals surface area contributed by atoms with Crippen molar-refractivity contribution >= 4 is 0 Å². The fourth-order valence-corrected chi connectivity index (χ4v) is 1.87. The lowest BCUT2D eigenvalue weighted by molar-refractivity contribution is 0.312. The molecule has 0 saturated carbocycles. The molecular weight excluding hydrogens is 224 g/mol. The van der Waals surface area contributed by atoms with Crippen LogP contribution in [0, 0.1) is 11.8 Å². The molecule has 4 heteroatoms. The fraction of sp³-hybridized carbons (Fsp3) is 0.857. The lowest BCUT2D eigenvalue weighted by Crippen LogP contribution is -2.40. The summed E-state index contributed by atoms with van der Waals surface area (Å²) in [6.45, 7) is 15.3. The van der Waals surface area contributed by atoms with E-state index >= 15 is 0 Å². The minimum Gasteiger partial charge on any atom is -0.312 e. The maximum absolute atomic E-state index is 4.35. The zero-order valence-corrected chi connectivity index (χ0v) is 12.7. The maximum atomic E-state index is 4.35. The topological polar surface area (TPSA) is 42.7 Å². The van der Waals surface area contributed by atoms with Gasteiger partial charge in [-0.05, 0) is 46.1 Å². The Morgan fingerprint density at radius 2 is 1.94 bits per heavy atom. The van der Waals surface area contributed by atoms with E-state index in [0.717, 1.165) is 25.3 Å². The Balaban J connectivity index is 2.47. The molecule has 18 heavy (non-hydrogen) atoms. The zero-order chi connectivity index (χ0) is 13.8. The molecule has 0 aliphatic rings. The SMILES string of the molecule is CCn1ncnc1CC(C)C(C)CNC(C)(C)C. The van der Waals surface area contributed by atoms with Gasteiger partial charge in [0.25, 0.3) is 0 Å². The first-order valence-electron chi connectivity index (χ1n) is 6.95.